The number of hydrogen-bond donors (Lipinski definition) is 1. The minimum atomic E-state index is -5.69. The zero-order chi connectivity index (χ0) is 11.3. The van der Waals surface area contributed by atoms with E-state index >= 15 is 0 Å². The summed E-state index contributed by atoms with van der Waals surface area (Å²) in [7, 11) is 5.40. The number of hydrogen-bond acceptors (Lipinski definition) is 6. The van der Waals surface area contributed by atoms with Crippen LogP contribution >= 0.6 is 0 Å². The van der Waals surface area contributed by atoms with Gasteiger partial charge in [-0.15, -0.1) is 0 Å². The maximum Gasteiger partial charge on any atom is 0.368 e. The highest BCUT2D eigenvalue weighted by molar-refractivity contribution is 5.65. The number of halogens is 1. The minimum Gasteiger partial charge on any atom is -0.544 e. The molecule has 1 N–H and O–H groups in total. The highest BCUT2D eigenvalue weighted by Gasteiger charge is 2.11. The number of likely N-dealkylation sites (N-methyl/N-ethyl adjacent to an activating group) is 1. The molecule has 0 saturated heterocycles. The van der Waals surface area contributed by atoms with Crippen LogP contribution in [0.4, 0.5) is 0 Å². The zero-order valence-corrected chi connectivity index (χ0v) is 9.68. The van der Waals surface area contributed by atoms with Crippen molar-refractivity contribution in [1.82, 2.24) is 0 Å². The maximum absolute atomic E-state index is 9.89. The van der Waals surface area contributed by atoms with Gasteiger partial charge in [0.25, 0.3) is 0 Å². The van der Waals surface area contributed by atoms with Crippen molar-refractivity contribution in [3.63, 3.8) is 0 Å². The van der Waals surface area contributed by atoms with E-state index in [1.165, 1.54) is 0 Å². The molecule has 0 aliphatic heterocycles. The van der Waals surface area contributed by atoms with Crippen molar-refractivity contribution in [2.75, 3.05) is 27.7 Å². The molecule has 0 atom stereocenters. The van der Waals surface area contributed by atoms with E-state index in [-0.39, 0.29) is 6.54 Å². The van der Waals surface area contributed by atoms with E-state index in [0.29, 0.717) is 4.48 Å². The van der Waals surface area contributed by atoms with Crippen molar-refractivity contribution in [2.24, 2.45) is 0 Å². The van der Waals surface area contributed by atoms with Crippen LogP contribution in [0.15, 0.2) is 0 Å². The summed E-state index contributed by atoms with van der Waals surface area (Å²) in [6.07, 6.45) is 0. The summed E-state index contributed by atoms with van der Waals surface area (Å²) in [5.74, 6) is -1.00. The highest BCUT2D eigenvalue weighted by Crippen LogP contribution is 1.84. The van der Waals surface area contributed by atoms with E-state index in [1.807, 2.05) is 0 Å². The van der Waals surface area contributed by atoms with E-state index in [1.54, 1.807) is 21.1 Å². The van der Waals surface area contributed by atoms with Gasteiger partial charge in [0.1, 0.15) is 6.54 Å². The first kappa shape index (κ1) is 15.5. The predicted octanol–water partition coefficient (Wildman–Crippen LogP) is -8.68. The summed E-state index contributed by atoms with van der Waals surface area (Å²) < 4.78 is 33.6. The molecule has 0 fully saturated rings. The fourth-order valence-corrected chi connectivity index (χ4v) is 0.387. The van der Waals surface area contributed by atoms with E-state index in [4.69, 9.17) is 13.7 Å². The van der Waals surface area contributed by atoms with Crippen LogP contribution in [0.1, 0.15) is 0 Å². The molecule has 0 aromatic rings. The second kappa shape index (κ2) is 5.67. The predicted molar refractivity (Wildman–Crippen MR) is 30.1 cm³/mol. The topological polar surface area (TPSA) is 130 Å². The normalized spacial score (nSPS) is 11.6. The standard InChI is InChI=1S/C5H11NO2.HIO4/c1-6(2,3)4-5(7)8;2-1(3,4)5/h4H2,1-3H3;2H. The summed E-state index contributed by atoms with van der Waals surface area (Å²) in [6, 6.07) is 0. The van der Waals surface area contributed by atoms with Crippen molar-refractivity contribution in [3.05, 3.63) is 0 Å². The van der Waals surface area contributed by atoms with Gasteiger partial charge in [-0.3, -0.25) is 10.3 Å². The third kappa shape index (κ3) is 48.0. The van der Waals surface area contributed by atoms with Crippen molar-refractivity contribution in [2.45, 2.75) is 0 Å². The molecule has 8 heteroatoms. The first-order valence-electron chi connectivity index (χ1n) is 3.05. The third-order valence-electron chi connectivity index (χ3n) is 0.603. The average molecular weight is 309 g/mol. The van der Waals surface area contributed by atoms with Gasteiger partial charge in [0.15, 0.2) is 0 Å². The molecule has 0 bridgehead atoms. The van der Waals surface area contributed by atoms with Crippen LogP contribution in [-0.2, 0) is 4.79 Å². The lowest BCUT2D eigenvalue weighted by Gasteiger charge is -2.23. The summed E-state index contributed by atoms with van der Waals surface area (Å²) in [5.41, 5.74) is 0. The molecule has 80 valence electrons. The van der Waals surface area contributed by atoms with Gasteiger partial charge in [0.2, 0.25) is 0 Å². The fraction of sp³-hybridized carbons (Fsp3) is 0.800. The lowest BCUT2D eigenvalue weighted by atomic mass is 10.5. The van der Waals surface area contributed by atoms with Crippen LogP contribution < -0.4 is 35.5 Å². The Bertz CT molecular complexity index is 153. The van der Waals surface area contributed by atoms with Crippen LogP contribution in [0.5, 0.6) is 0 Å². The van der Waals surface area contributed by atoms with Crippen molar-refractivity contribution >= 4 is 5.97 Å². The molecule has 13 heavy (non-hydrogen) atoms. The number of quaternary nitrogens is 1. The number of rotatable bonds is 2. The molecule has 0 radical (unpaired) electrons. The van der Waals surface area contributed by atoms with Gasteiger partial charge in [-0.25, -0.2) is 0 Å². The number of carboxylic acids is 1. The molecular weight excluding hydrogens is 297 g/mol. The Hall–Kier alpha value is -0.000000000000000125. The summed E-state index contributed by atoms with van der Waals surface area (Å²) in [4.78, 5) is 9.89. The van der Waals surface area contributed by atoms with Crippen LogP contribution in [0.3, 0.4) is 0 Å². The van der Waals surface area contributed by atoms with Crippen molar-refractivity contribution in [3.8, 4) is 0 Å². The summed E-state index contributed by atoms with van der Waals surface area (Å²) in [5, 5.41) is 9.89. The van der Waals surface area contributed by atoms with Gasteiger partial charge >= 0.3 is 20.1 Å². The fourth-order valence-electron chi connectivity index (χ4n) is 0.387. The second-order valence-electron chi connectivity index (χ2n) is 3.22. The maximum atomic E-state index is 9.89. The van der Waals surface area contributed by atoms with Crippen molar-refractivity contribution < 1.29 is 48.2 Å². The Morgan fingerprint density at radius 3 is 1.54 bits per heavy atom. The largest absolute Gasteiger partial charge is 0.544 e. The Balaban J connectivity index is 0. The second-order valence-corrected chi connectivity index (χ2v) is 5.48. The first-order valence-corrected chi connectivity index (χ1v) is 6.66. The molecule has 0 spiro atoms. The molecule has 0 aliphatic carbocycles. The van der Waals surface area contributed by atoms with Crippen LogP contribution in [0, 0.1) is 0 Å². The smallest absolute Gasteiger partial charge is 0.368 e. The van der Waals surface area contributed by atoms with Gasteiger partial charge in [-0.05, 0) is 0 Å². The van der Waals surface area contributed by atoms with Crippen LogP contribution in [-0.4, -0.2) is 41.6 Å². The highest BCUT2D eigenvalue weighted by atomic mass is 127. The molecule has 7 nitrogen and oxygen atoms in total. The lowest BCUT2D eigenvalue weighted by molar-refractivity contribution is -1.92. The Kier molecular flexibility index (Phi) is 6.75. The molecule has 0 amide bonds. The van der Waals surface area contributed by atoms with E-state index in [0.717, 1.165) is 0 Å². The van der Waals surface area contributed by atoms with Crippen molar-refractivity contribution in [1.29, 1.82) is 0 Å². The Morgan fingerprint density at radius 2 is 1.54 bits per heavy atom. The van der Waals surface area contributed by atoms with Gasteiger partial charge in [0.05, 0.1) is 27.1 Å². The average Bonchev–Trinajstić information content (AvgIpc) is 1.47. The molecule has 0 heterocycles. The number of aliphatic carboxylic acids is 1. The number of carboxylic acid groups (broad SMARTS) is 1. The SMILES string of the molecule is C[N+](C)(C)CC(=O)[O-].[O-][I+3]([O-])([O-])O. The zero-order valence-electron chi connectivity index (χ0n) is 7.52. The van der Waals surface area contributed by atoms with Crippen LogP contribution in [0.25, 0.3) is 0 Å². The summed E-state index contributed by atoms with van der Waals surface area (Å²) >= 11 is -5.69. The Labute approximate surface area is 82.1 Å². The molecule has 0 aromatic heterocycles. The number of nitrogens with zero attached hydrogens (tertiary/aromatic N) is 1. The van der Waals surface area contributed by atoms with Gasteiger partial charge in [0, 0.05) is 3.44 Å². The molecule has 0 unspecified atom stereocenters. The molecule has 0 aromatic carbocycles. The van der Waals surface area contributed by atoms with E-state index in [2.05, 4.69) is 0 Å². The minimum absolute atomic E-state index is 0.0694. The van der Waals surface area contributed by atoms with Gasteiger partial charge < -0.3 is 14.4 Å². The molecule has 0 rings (SSSR count). The summed E-state index contributed by atoms with van der Waals surface area (Å²) in [6.45, 7) is 0.0694. The van der Waals surface area contributed by atoms with Gasteiger partial charge in [-0.2, -0.15) is 0 Å². The van der Waals surface area contributed by atoms with E-state index < -0.39 is 26.1 Å². The third-order valence-corrected chi connectivity index (χ3v) is 0.603. The lowest BCUT2D eigenvalue weighted by Crippen LogP contribution is -4.23. The van der Waals surface area contributed by atoms with E-state index in [9.17, 15) is 9.90 Å². The number of carbonyl (C=O) groups excluding carboxylic acids is 1. The number of carbonyl (C=O) groups is 1. The Morgan fingerprint density at radius 1 is 1.31 bits per heavy atom. The monoisotopic (exact) mass is 309 g/mol. The molecular formula is C5H12INO6. The molecule has 0 aliphatic rings. The quantitative estimate of drug-likeness (QED) is 0.398. The van der Waals surface area contributed by atoms with Crippen LogP contribution in [0.2, 0.25) is 0 Å². The first-order chi connectivity index (χ1) is 5.42. The van der Waals surface area contributed by atoms with Gasteiger partial charge in [-0.1, -0.05) is 0 Å². The molecule has 0 saturated carbocycles.